The van der Waals surface area contributed by atoms with Crippen LogP contribution in [0.15, 0.2) is 75.4 Å². The Morgan fingerprint density at radius 3 is 2.64 bits per heavy atom. The first-order valence-corrected chi connectivity index (χ1v) is 10.1. The van der Waals surface area contributed by atoms with Crippen LogP contribution in [0.1, 0.15) is 28.8 Å². The average Bonchev–Trinajstić information content (AvgIpc) is 3.36. The highest BCUT2D eigenvalue weighted by Crippen LogP contribution is 2.31. The lowest BCUT2D eigenvalue weighted by Gasteiger charge is -2.22. The van der Waals surface area contributed by atoms with Crippen LogP contribution in [0.4, 0.5) is 0 Å². The van der Waals surface area contributed by atoms with Crippen molar-refractivity contribution in [1.82, 2.24) is 9.88 Å². The molecule has 126 valence electrons. The number of carbonyl (C=O) groups is 1. The van der Waals surface area contributed by atoms with E-state index in [9.17, 15) is 4.79 Å². The minimum atomic E-state index is 0.128. The summed E-state index contributed by atoms with van der Waals surface area (Å²) in [6.45, 7) is 0.706. The van der Waals surface area contributed by atoms with E-state index in [1.807, 2.05) is 47.4 Å². The van der Waals surface area contributed by atoms with Crippen LogP contribution in [0.25, 0.3) is 0 Å². The normalized spacial score (nSPS) is 13.6. The van der Waals surface area contributed by atoms with Gasteiger partial charge in [-0.05, 0) is 71.6 Å². The molecule has 2 aromatic heterocycles. The van der Waals surface area contributed by atoms with Crippen molar-refractivity contribution in [3.05, 3.63) is 76.6 Å². The number of nitrogens with zero attached hydrogens (tertiary/aromatic N) is 2. The minimum absolute atomic E-state index is 0.128. The van der Waals surface area contributed by atoms with Gasteiger partial charge in [0.15, 0.2) is 0 Å². The summed E-state index contributed by atoms with van der Waals surface area (Å²) in [7, 11) is 0. The molecule has 0 bridgehead atoms. The molecule has 3 nitrogen and oxygen atoms in total. The van der Waals surface area contributed by atoms with Crippen LogP contribution in [-0.4, -0.2) is 21.8 Å². The van der Waals surface area contributed by atoms with E-state index in [4.69, 9.17) is 0 Å². The molecule has 0 aliphatic heterocycles. The van der Waals surface area contributed by atoms with Gasteiger partial charge in [0, 0.05) is 29.2 Å². The van der Waals surface area contributed by atoms with Crippen molar-refractivity contribution in [2.24, 2.45) is 0 Å². The van der Waals surface area contributed by atoms with Gasteiger partial charge >= 0.3 is 0 Å². The van der Waals surface area contributed by atoms with Gasteiger partial charge in [-0.15, -0.1) is 0 Å². The molecule has 4 rings (SSSR count). The molecule has 1 aliphatic carbocycles. The quantitative estimate of drug-likeness (QED) is 0.608. The van der Waals surface area contributed by atoms with Crippen LogP contribution in [0.2, 0.25) is 0 Å². The number of aromatic nitrogens is 1. The lowest BCUT2D eigenvalue weighted by Crippen LogP contribution is -2.32. The van der Waals surface area contributed by atoms with E-state index in [2.05, 4.69) is 21.8 Å². The molecule has 0 unspecified atom stereocenters. The van der Waals surface area contributed by atoms with Crippen LogP contribution in [0, 0.1) is 0 Å². The first-order valence-electron chi connectivity index (χ1n) is 8.30. The Morgan fingerprint density at radius 2 is 2.00 bits per heavy atom. The fraction of sp³-hybridized carbons (Fsp3) is 0.200. The first-order chi connectivity index (χ1) is 12.3. The maximum atomic E-state index is 12.9. The topological polar surface area (TPSA) is 33.2 Å². The van der Waals surface area contributed by atoms with Gasteiger partial charge in [-0.2, -0.15) is 11.3 Å². The molecule has 0 radical (unpaired) electrons. The third-order valence-corrected chi connectivity index (χ3v) is 5.83. The van der Waals surface area contributed by atoms with E-state index in [0.717, 1.165) is 28.3 Å². The molecule has 0 saturated heterocycles. The second-order valence-corrected chi connectivity index (χ2v) is 7.96. The van der Waals surface area contributed by atoms with E-state index in [0.29, 0.717) is 12.6 Å². The van der Waals surface area contributed by atoms with Gasteiger partial charge in [0.2, 0.25) is 0 Å². The largest absolute Gasteiger partial charge is 0.331 e. The number of benzene rings is 1. The molecule has 2 heterocycles. The molecular formula is C20H18N2OS2. The Hall–Kier alpha value is -2.11. The van der Waals surface area contributed by atoms with Gasteiger partial charge in [0.25, 0.3) is 5.91 Å². The van der Waals surface area contributed by atoms with Crippen molar-refractivity contribution in [3.8, 4) is 0 Å². The summed E-state index contributed by atoms with van der Waals surface area (Å²) < 4.78 is 0. The SMILES string of the molecule is O=C(c1ccc(Sc2ccccn2)cc1)N(Cc1ccsc1)C1CC1. The van der Waals surface area contributed by atoms with Gasteiger partial charge in [0.05, 0.1) is 0 Å². The summed E-state index contributed by atoms with van der Waals surface area (Å²) in [5.74, 6) is 0.128. The molecule has 0 N–H and O–H groups in total. The van der Waals surface area contributed by atoms with Crippen molar-refractivity contribution in [2.75, 3.05) is 0 Å². The van der Waals surface area contributed by atoms with Crippen molar-refractivity contribution in [1.29, 1.82) is 0 Å². The number of amides is 1. The van der Waals surface area contributed by atoms with Crippen LogP contribution in [0.5, 0.6) is 0 Å². The zero-order valence-corrected chi connectivity index (χ0v) is 15.3. The summed E-state index contributed by atoms with van der Waals surface area (Å²) in [6, 6.07) is 16.2. The lowest BCUT2D eigenvalue weighted by molar-refractivity contribution is 0.0730. The highest BCUT2D eigenvalue weighted by Gasteiger charge is 2.33. The predicted octanol–water partition coefficient (Wildman–Crippen LogP) is 5.10. The molecule has 0 spiro atoms. The number of pyridine rings is 1. The monoisotopic (exact) mass is 366 g/mol. The molecule has 0 atom stereocenters. The molecule has 1 aliphatic rings. The molecule has 25 heavy (non-hydrogen) atoms. The first kappa shape index (κ1) is 16.4. The Kier molecular flexibility index (Phi) is 4.85. The van der Waals surface area contributed by atoms with E-state index in [-0.39, 0.29) is 5.91 Å². The number of thiophene rings is 1. The minimum Gasteiger partial charge on any atom is -0.331 e. The number of hydrogen-bond acceptors (Lipinski definition) is 4. The van der Waals surface area contributed by atoms with Crippen molar-refractivity contribution in [2.45, 2.75) is 35.3 Å². The molecule has 1 fully saturated rings. The zero-order chi connectivity index (χ0) is 17.1. The van der Waals surface area contributed by atoms with E-state index in [1.165, 1.54) is 5.56 Å². The Morgan fingerprint density at radius 1 is 1.16 bits per heavy atom. The fourth-order valence-electron chi connectivity index (χ4n) is 2.69. The van der Waals surface area contributed by atoms with Gasteiger partial charge in [-0.25, -0.2) is 4.98 Å². The van der Waals surface area contributed by atoms with E-state index >= 15 is 0 Å². The van der Waals surface area contributed by atoms with Gasteiger partial charge in [-0.3, -0.25) is 4.79 Å². The van der Waals surface area contributed by atoms with Crippen LogP contribution in [-0.2, 0) is 6.54 Å². The summed E-state index contributed by atoms with van der Waals surface area (Å²) in [4.78, 5) is 20.4. The highest BCUT2D eigenvalue weighted by atomic mass is 32.2. The Bertz CT molecular complexity index is 828. The third-order valence-electron chi connectivity index (χ3n) is 4.14. The molecule has 1 amide bonds. The van der Waals surface area contributed by atoms with Crippen LogP contribution < -0.4 is 0 Å². The van der Waals surface area contributed by atoms with Gasteiger partial charge in [0.1, 0.15) is 5.03 Å². The van der Waals surface area contributed by atoms with Crippen molar-refractivity contribution >= 4 is 29.0 Å². The summed E-state index contributed by atoms with van der Waals surface area (Å²) in [5.41, 5.74) is 1.97. The van der Waals surface area contributed by atoms with Crippen LogP contribution in [0.3, 0.4) is 0 Å². The molecular weight excluding hydrogens is 348 g/mol. The number of hydrogen-bond donors (Lipinski definition) is 0. The fourth-order valence-corrected chi connectivity index (χ4v) is 4.13. The Balaban J connectivity index is 1.47. The van der Waals surface area contributed by atoms with E-state index in [1.54, 1.807) is 29.3 Å². The summed E-state index contributed by atoms with van der Waals surface area (Å²) in [5, 5.41) is 5.14. The molecule has 5 heteroatoms. The summed E-state index contributed by atoms with van der Waals surface area (Å²) >= 11 is 3.28. The van der Waals surface area contributed by atoms with Crippen molar-refractivity contribution in [3.63, 3.8) is 0 Å². The molecule has 1 saturated carbocycles. The smallest absolute Gasteiger partial charge is 0.254 e. The van der Waals surface area contributed by atoms with Gasteiger partial charge < -0.3 is 4.90 Å². The van der Waals surface area contributed by atoms with Crippen LogP contribution >= 0.6 is 23.1 Å². The highest BCUT2D eigenvalue weighted by molar-refractivity contribution is 7.99. The molecule has 3 aromatic rings. The van der Waals surface area contributed by atoms with E-state index < -0.39 is 0 Å². The number of rotatable bonds is 6. The maximum Gasteiger partial charge on any atom is 0.254 e. The van der Waals surface area contributed by atoms with Crippen molar-refractivity contribution < 1.29 is 4.79 Å². The maximum absolute atomic E-state index is 12.9. The second kappa shape index (κ2) is 7.42. The average molecular weight is 367 g/mol. The van der Waals surface area contributed by atoms with Gasteiger partial charge in [-0.1, -0.05) is 17.8 Å². The molecule has 1 aromatic carbocycles. The second-order valence-electron chi connectivity index (χ2n) is 6.09. The zero-order valence-electron chi connectivity index (χ0n) is 13.7. The summed E-state index contributed by atoms with van der Waals surface area (Å²) in [6.07, 6.45) is 4.02. The lowest BCUT2D eigenvalue weighted by atomic mass is 10.2. The number of carbonyl (C=O) groups excluding carboxylic acids is 1. The Labute approximate surface area is 155 Å². The predicted molar refractivity (Wildman–Crippen MR) is 102 cm³/mol. The standard InChI is InChI=1S/C20H18N2OS2/c23-20(22(17-6-7-17)13-15-10-12-24-14-15)16-4-8-18(9-5-16)25-19-3-1-2-11-21-19/h1-5,8-12,14,17H,6-7,13H2. The third kappa shape index (κ3) is 4.11.